The highest BCUT2D eigenvalue weighted by Gasteiger charge is 2.23. The minimum Gasteiger partial charge on any atom is -0.457 e. The minimum atomic E-state index is -0.631. The van der Waals surface area contributed by atoms with Crippen LogP contribution in [0.4, 0.5) is 5.69 Å². The average Bonchev–Trinajstić information content (AvgIpc) is 2.86. The molecule has 2 aromatic carbocycles. The number of nitrogens with zero attached hydrogens (tertiary/aromatic N) is 2. The summed E-state index contributed by atoms with van der Waals surface area (Å²) in [6, 6.07) is 18.2. The Bertz CT molecular complexity index is 1200. The van der Waals surface area contributed by atoms with E-state index in [9.17, 15) is 9.59 Å². The minimum absolute atomic E-state index is 0.0111. The van der Waals surface area contributed by atoms with Gasteiger partial charge < -0.3 is 25.4 Å². The molecule has 8 nitrogen and oxygen atoms in total. The predicted octanol–water partition coefficient (Wildman–Crippen LogP) is 4.43. The van der Waals surface area contributed by atoms with Gasteiger partial charge in [0.25, 0.3) is 5.91 Å². The van der Waals surface area contributed by atoms with Crippen molar-refractivity contribution in [2.24, 2.45) is 5.73 Å². The molecule has 35 heavy (non-hydrogen) atoms. The number of primary amides is 1. The van der Waals surface area contributed by atoms with Crippen LogP contribution in [0.5, 0.6) is 23.1 Å². The number of nitrogens with one attached hydrogen (secondary N) is 1. The molecule has 2 amide bonds. The van der Waals surface area contributed by atoms with Crippen molar-refractivity contribution >= 4 is 17.5 Å². The zero-order valence-electron chi connectivity index (χ0n) is 19.5. The Morgan fingerprint density at radius 2 is 1.74 bits per heavy atom. The van der Waals surface area contributed by atoms with Gasteiger partial charge in [-0.3, -0.25) is 9.59 Å². The maximum Gasteiger partial charge on any atom is 0.254 e. The standard InChI is InChI=1S/C27H28N4O4/c1-2-7-25(32)30-19-8-6-15-31(18-19)20-16-24(26(28)33)27(29-17-20)35-23-13-11-22(12-14-23)34-21-9-4-3-5-10-21/h2-5,7,9-14,16-17,19H,6,8,15,18H2,1H3,(H2,28,33)(H,30,32)/b7-2+. The number of hydrogen-bond donors (Lipinski definition) is 2. The molecule has 0 aliphatic carbocycles. The van der Waals surface area contributed by atoms with E-state index in [-0.39, 0.29) is 23.4 Å². The molecule has 1 aliphatic rings. The number of amides is 2. The van der Waals surface area contributed by atoms with Crippen LogP contribution in [0.25, 0.3) is 0 Å². The lowest BCUT2D eigenvalue weighted by atomic mass is 10.0. The van der Waals surface area contributed by atoms with Gasteiger partial charge in [-0.2, -0.15) is 0 Å². The second-order valence-corrected chi connectivity index (χ2v) is 8.19. The van der Waals surface area contributed by atoms with Crippen LogP contribution in [-0.4, -0.2) is 35.9 Å². The molecule has 1 aliphatic heterocycles. The second-order valence-electron chi connectivity index (χ2n) is 8.19. The van der Waals surface area contributed by atoms with E-state index in [1.807, 2.05) is 30.3 Å². The zero-order valence-corrected chi connectivity index (χ0v) is 19.5. The molecule has 1 unspecified atom stereocenters. The van der Waals surface area contributed by atoms with Crippen molar-refractivity contribution in [3.63, 3.8) is 0 Å². The molecule has 4 rings (SSSR count). The van der Waals surface area contributed by atoms with Gasteiger partial charge in [-0.1, -0.05) is 24.3 Å². The van der Waals surface area contributed by atoms with Crippen molar-refractivity contribution in [1.82, 2.24) is 10.3 Å². The fourth-order valence-corrected chi connectivity index (χ4v) is 3.91. The molecule has 1 fully saturated rings. The molecule has 1 aromatic heterocycles. The second kappa shape index (κ2) is 11.2. The highest BCUT2D eigenvalue weighted by molar-refractivity contribution is 5.96. The van der Waals surface area contributed by atoms with Crippen LogP contribution in [0, 0.1) is 0 Å². The van der Waals surface area contributed by atoms with Crippen LogP contribution in [0.2, 0.25) is 0 Å². The Morgan fingerprint density at radius 1 is 1.06 bits per heavy atom. The molecule has 3 N–H and O–H groups in total. The summed E-state index contributed by atoms with van der Waals surface area (Å²) < 4.78 is 11.7. The summed E-state index contributed by atoms with van der Waals surface area (Å²) in [4.78, 5) is 30.6. The summed E-state index contributed by atoms with van der Waals surface area (Å²) in [5, 5.41) is 3.01. The van der Waals surface area contributed by atoms with Gasteiger partial charge in [0.2, 0.25) is 11.8 Å². The number of benzene rings is 2. The lowest BCUT2D eigenvalue weighted by molar-refractivity contribution is -0.117. The van der Waals surface area contributed by atoms with Crippen LogP contribution in [0.3, 0.4) is 0 Å². The zero-order chi connectivity index (χ0) is 24.6. The van der Waals surface area contributed by atoms with Crippen molar-refractivity contribution in [1.29, 1.82) is 0 Å². The number of allylic oxidation sites excluding steroid dienone is 1. The molecule has 0 bridgehead atoms. The topological polar surface area (TPSA) is 107 Å². The number of carbonyl (C=O) groups is 2. The Morgan fingerprint density at radius 3 is 2.43 bits per heavy atom. The molecule has 1 atom stereocenters. The van der Waals surface area contributed by atoms with Gasteiger partial charge in [-0.05, 0) is 68.3 Å². The van der Waals surface area contributed by atoms with Crippen LogP contribution < -0.4 is 25.4 Å². The monoisotopic (exact) mass is 472 g/mol. The quantitative estimate of drug-likeness (QED) is 0.470. The Labute approximate surface area is 204 Å². The van der Waals surface area contributed by atoms with Crippen molar-refractivity contribution in [3.05, 3.63) is 84.6 Å². The van der Waals surface area contributed by atoms with E-state index >= 15 is 0 Å². The normalized spacial score (nSPS) is 15.6. The highest BCUT2D eigenvalue weighted by Crippen LogP contribution is 2.30. The first-order valence-corrected chi connectivity index (χ1v) is 11.5. The number of piperidine rings is 1. The van der Waals surface area contributed by atoms with E-state index in [4.69, 9.17) is 15.2 Å². The number of anilines is 1. The summed E-state index contributed by atoms with van der Waals surface area (Å²) in [5.74, 6) is 1.28. The first kappa shape index (κ1) is 23.8. The molecule has 2 heterocycles. The van der Waals surface area contributed by atoms with Crippen LogP contribution in [0.1, 0.15) is 30.1 Å². The Kier molecular flexibility index (Phi) is 7.62. The van der Waals surface area contributed by atoms with Gasteiger partial charge in [0, 0.05) is 19.1 Å². The number of pyridine rings is 1. The molecule has 0 saturated carbocycles. The van der Waals surface area contributed by atoms with E-state index in [2.05, 4.69) is 15.2 Å². The van der Waals surface area contributed by atoms with E-state index in [1.165, 1.54) is 6.08 Å². The molecule has 8 heteroatoms. The maximum atomic E-state index is 12.2. The third-order valence-corrected chi connectivity index (χ3v) is 5.57. The van der Waals surface area contributed by atoms with E-state index < -0.39 is 5.91 Å². The van der Waals surface area contributed by atoms with Crippen LogP contribution >= 0.6 is 0 Å². The lowest BCUT2D eigenvalue weighted by Crippen LogP contribution is -2.47. The van der Waals surface area contributed by atoms with Gasteiger partial charge in [-0.25, -0.2) is 4.98 Å². The number of para-hydroxylation sites is 1. The highest BCUT2D eigenvalue weighted by atomic mass is 16.5. The summed E-state index contributed by atoms with van der Waals surface area (Å²) >= 11 is 0. The first-order chi connectivity index (χ1) is 17.0. The fraction of sp³-hybridized carbons (Fsp3) is 0.222. The largest absolute Gasteiger partial charge is 0.457 e. The van der Waals surface area contributed by atoms with Crippen LogP contribution in [0.15, 0.2) is 79.0 Å². The maximum absolute atomic E-state index is 12.2. The lowest BCUT2D eigenvalue weighted by Gasteiger charge is -2.34. The van der Waals surface area contributed by atoms with Gasteiger partial charge in [0.1, 0.15) is 22.8 Å². The predicted molar refractivity (Wildman–Crippen MR) is 134 cm³/mol. The molecule has 1 saturated heterocycles. The summed E-state index contributed by atoms with van der Waals surface area (Å²) in [5.41, 5.74) is 6.58. The molecular weight excluding hydrogens is 444 g/mol. The number of nitrogens with two attached hydrogens (primary N) is 1. The van der Waals surface area contributed by atoms with Crippen molar-refractivity contribution in [2.45, 2.75) is 25.8 Å². The molecular formula is C27H28N4O4. The first-order valence-electron chi connectivity index (χ1n) is 11.5. The van der Waals surface area contributed by atoms with Gasteiger partial charge in [-0.15, -0.1) is 0 Å². The van der Waals surface area contributed by atoms with Crippen molar-refractivity contribution < 1.29 is 19.1 Å². The summed E-state index contributed by atoms with van der Waals surface area (Å²) in [6.07, 6.45) is 6.67. The van der Waals surface area contributed by atoms with Crippen LogP contribution in [-0.2, 0) is 4.79 Å². The molecule has 0 spiro atoms. The van der Waals surface area contributed by atoms with Gasteiger partial charge in [0.05, 0.1) is 11.9 Å². The Hall–Kier alpha value is -4.33. The Balaban J connectivity index is 1.46. The van der Waals surface area contributed by atoms with E-state index in [1.54, 1.807) is 49.5 Å². The summed E-state index contributed by atoms with van der Waals surface area (Å²) in [6.45, 7) is 3.21. The van der Waals surface area contributed by atoms with Crippen molar-refractivity contribution in [2.75, 3.05) is 18.0 Å². The SMILES string of the molecule is C/C=C/C(=O)NC1CCCN(c2cnc(Oc3ccc(Oc4ccccc4)cc3)c(C(N)=O)c2)C1. The van der Waals surface area contributed by atoms with E-state index in [0.717, 1.165) is 30.8 Å². The third-order valence-electron chi connectivity index (χ3n) is 5.57. The fourth-order valence-electron chi connectivity index (χ4n) is 3.91. The number of ether oxygens (including phenoxy) is 2. The van der Waals surface area contributed by atoms with Gasteiger partial charge in [0.15, 0.2) is 0 Å². The number of rotatable bonds is 8. The summed E-state index contributed by atoms with van der Waals surface area (Å²) in [7, 11) is 0. The van der Waals surface area contributed by atoms with E-state index in [0.29, 0.717) is 18.0 Å². The molecule has 3 aromatic rings. The number of carbonyl (C=O) groups excluding carboxylic acids is 2. The molecule has 180 valence electrons. The molecule has 0 radical (unpaired) electrons. The number of aromatic nitrogens is 1. The number of hydrogen-bond acceptors (Lipinski definition) is 6. The average molecular weight is 473 g/mol. The smallest absolute Gasteiger partial charge is 0.254 e. The van der Waals surface area contributed by atoms with Crippen molar-refractivity contribution in [3.8, 4) is 23.1 Å². The van der Waals surface area contributed by atoms with Gasteiger partial charge >= 0.3 is 0 Å². The third kappa shape index (κ3) is 6.38.